The Labute approximate surface area is 178 Å². The number of fused-ring (bicyclic) bond motifs is 1. The number of aromatic amines is 1. The van der Waals surface area contributed by atoms with E-state index >= 15 is 0 Å². The molecule has 10 heteroatoms. The molecule has 3 aromatic heterocycles. The number of aromatic nitrogens is 6. The third kappa shape index (κ3) is 3.26. The lowest BCUT2D eigenvalue weighted by atomic mass is 9.49. The zero-order valence-corrected chi connectivity index (χ0v) is 17.0. The van der Waals surface area contributed by atoms with Crippen molar-refractivity contribution in [3.05, 3.63) is 35.8 Å². The molecule has 0 atom stereocenters. The Kier molecular flexibility index (Phi) is 4.09. The fourth-order valence-electron chi connectivity index (χ4n) is 6.55. The number of H-pyrrole nitrogens is 1. The van der Waals surface area contributed by atoms with Crippen molar-refractivity contribution in [2.24, 2.45) is 23.2 Å². The third-order valence-electron chi connectivity index (χ3n) is 7.32. The lowest BCUT2D eigenvalue weighted by Crippen LogP contribution is -2.51. The van der Waals surface area contributed by atoms with Crippen LogP contribution in [-0.2, 0) is 0 Å². The smallest absolute Gasteiger partial charge is 0.278 e. The van der Waals surface area contributed by atoms with Gasteiger partial charge in [-0.2, -0.15) is 0 Å². The van der Waals surface area contributed by atoms with E-state index in [4.69, 9.17) is 0 Å². The van der Waals surface area contributed by atoms with E-state index in [-0.39, 0.29) is 23.0 Å². The van der Waals surface area contributed by atoms with Gasteiger partial charge in [-0.15, -0.1) is 0 Å². The number of hydrogen-bond acceptors (Lipinski definition) is 6. The van der Waals surface area contributed by atoms with Gasteiger partial charge < -0.3 is 5.32 Å². The van der Waals surface area contributed by atoms with Crippen LogP contribution in [0.3, 0.4) is 0 Å². The number of imidazole rings is 1. The second-order valence-electron chi connectivity index (χ2n) is 9.57. The molecule has 3 heterocycles. The number of pyridine rings is 1. The second-order valence-corrected chi connectivity index (χ2v) is 9.57. The SMILES string of the molecule is O=C(Nc1nnn[nH]1)c1cn2c(C(=O)NCC34CC5CC(CC(C5)C3)C4)cccc2n1. The van der Waals surface area contributed by atoms with Gasteiger partial charge in [-0.25, -0.2) is 10.1 Å². The molecule has 4 fully saturated rings. The first-order valence-electron chi connectivity index (χ1n) is 10.9. The lowest BCUT2D eigenvalue weighted by molar-refractivity contribution is -0.0503. The summed E-state index contributed by atoms with van der Waals surface area (Å²) in [5.41, 5.74) is 1.44. The number of tetrazole rings is 1. The van der Waals surface area contributed by atoms with Crippen molar-refractivity contribution in [1.82, 2.24) is 35.3 Å². The maximum Gasteiger partial charge on any atom is 0.278 e. The predicted molar refractivity (Wildman–Crippen MR) is 110 cm³/mol. The molecule has 3 N–H and O–H groups in total. The highest BCUT2D eigenvalue weighted by Crippen LogP contribution is 2.59. The number of amides is 2. The molecule has 0 saturated heterocycles. The molecule has 0 aliphatic heterocycles. The van der Waals surface area contributed by atoms with Crippen LogP contribution in [0.25, 0.3) is 5.65 Å². The summed E-state index contributed by atoms with van der Waals surface area (Å²) in [5, 5.41) is 18.7. The Bertz CT molecular complexity index is 1120. The van der Waals surface area contributed by atoms with Crippen LogP contribution in [0, 0.1) is 23.2 Å². The number of nitrogens with one attached hydrogen (secondary N) is 3. The largest absolute Gasteiger partial charge is 0.350 e. The van der Waals surface area contributed by atoms with E-state index in [1.54, 1.807) is 28.8 Å². The molecule has 4 aliphatic carbocycles. The van der Waals surface area contributed by atoms with Gasteiger partial charge in [-0.1, -0.05) is 11.2 Å². The highest BCUT2D eigenvalue weighted by atomic mass is 16.2. The lowest BCUT2D eigenvalue weighted by Gasteiger charge is -2.56. The quantitative estimate of drug-likeness (QED) is 0.579. The van der Waals surface area contributed by atoms with Gasteiger partial charge in [0.1, 0.15) is 17.0 Å². The molecule has 10 nitrogen and oxygen atoms in total. The Morgan fingerprint density at radius 3 is 2.52 bits per heavy atom. The molecule has 4 saturated carbocycles. The predicted octanol–water partition coefficient (Wildman–Crippen LogP) is 2.05. The van der Waals surface area contributed by atoms with Gasteiger partial charge in [0.2, 0.25) is 5.95 Å². The van der Waals surface area contributed by atoms with Crippen LogP contribution in [0.2, 0.25) is 0 Å². The molecule has 31 heavy (non-hydrogen) atoms. The van der Waals surface area contributed by atoms with Crippen molar-refractivity contribution in [2.75, 3.05) is 11.9 Å². The van der Waals surface area contributed by atoms with E-state index in [1.807, 2.05) is 0 Å². The number of nitrogens with zero attached hydrogens (tertiary/aromatic N) is 5. The highest BCUT2D eigenvalue weighted by molar-refractivity contribution is 6.02. The first-order valence-corrected chi connectivity index (χ1v) is 10.9. The monoisotopic (exact) mass is 420 g/mol. The van der Waals surface area contributed by atoms with Crippen LogP contribution in [-0.4, -0.2) is 48.4 Å². The van der Waals surface area contributed by atoms with Gasteiger partial charge in [0.05, 0.1) is 0 Å². The maximum absolute atomic E-state index is 13.1. The van der Waals surface area contributed by atoms with Gasteiger partial charge in [0.15, 0.2) is 0 Å². The van der Waals surface area contributed by atoms with E-state index in [0.29, 0.717) is 11.3 Å². The van der Waals surface area contributed by atoms with Crippen molar-refractivity contribution in [3.8, 4) is 0 Å². The summed E-state index contributed by atoms with van der Waals surface area (Å²) >= 11 is 0. The molecule has 7 rings (SSSR count). The molecule has 0 aromatic carbocycles. The molecular weight excluding hydrogens is 396 g/mol. The van der Waals surface area contributed by atoms with E-state index in [2.05, 4.69) is 36.2 Å². The second kappa shape index (κ2) is 6.86. The molecule has 0 unspecified atom stereocenters. The summed E-state index contributed by atoms with van der Waals surface area (Å²) in [6.07, 6.45) is 9.46. The first-order chi connectivity index (χ1) is 15.1. The van der Waals surface area contributed by atoms with Crippen molar-refractivity contribution in [1.29, 1.82) is 0 Å². The molecular formula is C21H24N8O2. The summed E-state index contributed by atoms with van der Waals surface area (Å²) in [6.45, 7) is 0.728. The van der Waals surface area contributed by atoms with E-state index in [9.17, 15) is 9.59 Å². The number of anilines is 1. The Balaban J connectivity index is 1.20. The van der Waals surface area contributed by atoms with E-state index < -0.39 is 5.91 Å². The number of carbonyl (C=O) groups is 2. The van der Waals surface area contributed by atoms with Gasteiger partial charge >= 0.3 is 0 Å². The third-order valence-corrected chi connectivity index (χ3v) is 7.32. The first kappa shape index (κ1) is 18.5. The normalized spacial score (nSPS) is 28.7. The molecule has 4 aliphatic rings. The van der Waals surface area contributed by atoms with Gasteiger partial charge in [0.25, 0.3) is 11.8 Å². The van der Waals surface area contributed by atoms with Crippen LogP contribution in [0.1, 0.15) is 59.5 Å². The van der Waals surface area contributed by atoms with Crippen LogP contribution in [0.4, 0.5) is 5.95 Å². The number of carbonyl (C=O) groups excluding carboxylic acids is 2. The van der Waals surface area contributed by atoms with Gasteiger partial charge in [0, 0.05) is 12.7 Å². The van der Waals surface area contributed by atoms with Crippen LogP contribution < -0.4 is 10.6 Å². The summed E-state index contributed by atoms with van der Waals surface area (Å²) in [7, 11) is 0. The van der Waals surface area contributed by atoms with Crippen LogP contribution in [0.5, 0.6) is 0 Å². The summed E-state index contributed by atoms with van der Waals surface area (Å²) in [6, 6.07) is 5.30. The Hall–Kier alpha value is -3.30. The average molecular weight is 420 g/mol. The summed E-state index contributed by atoms with van der Waals surface area (Å²) < 4.78 is 1.66. The zero-order chi connectivity index (χ0) is 21.0. The fraction of sp³-hybridized carbons (Fsp3) is 0.524. The zero-order valence-electron chi connectivity index (χ0n) is 17.0. The maximum atomic E-state index is 13.1. The van der Waals surface area contributed by atoms with E-state index in [1.165, 1.54) is 38.5 Å². The molecule has 0 spiro atoms. The Morgan fingerprint density at radius 2 is 1.84 bits per heavy atom. The highest BCUT2D eigenvalue weighted by Gasteiger charge is 2.50. The molecule has 3 aromatic rings. The molecule has 2 amide bonds. The molecule has 4 bridgehead atoms. The molecule has 0 radical (unpaired) electrons. The van der Waals surface area contributed by atoms with Crippen molar-refractivity contribution >= 4 is 23.4 Å². The minimum atomic E-state index is -0.456. The number of rotatable bonds is 5. The fourth-order valence-corrected chi connectivity index (χ4v) is 6.55. The summed E-state index contributed by atoms with van der Waals surface area (Å²) in [5.74, 6) is 2.09. The standard InChI is InChI=1S/C21H24N8O2/c30-18(24-20-25-27-28-26-20)15-10-29-16(2-1-3-17(29)23-15)19(31)22-11-21-7-12-4-13(8-21)6-14(5-12)9-21/h1-3,10,12-14H,4-9,11H2,(H,22,31)(H2,24,25,26,27,28,30). The van der Waals surface area contributed by atoms with Crippen LogP contribution in [0.15, 0.2) is 24.4 Å². The average Bonchev–Trinajstić information content (AvgIpc) is 3.40. The topological polar surface area (TPSA) is 130 Å². The molecule has 160 valence electrons. The van der Waals surface area contributed by atoms with Crippen molar-refractivity contribution < 1.29 is 9.59 Å². The van der Waals surface area contributed by atoms with E-state index in [0.717, 1.165) is 24.3 Å². The van der Waals surface area contributed by atoms with Crippen molar-refractivity contribution in [3.63, 3.8) is 0 Å². The minimum absolute atomic E-state index is 0.134. The number of hydrogen-bond donors (Lipinski definition) is 3. The van der Waals surface area contributed by atoms with Gasteiger partial charge in [-0.3, -0.25) is 19.3 Å². The summed E-state index contributed by atoms with van der Waals surface area (Å²) in [4.78, 5) is 29.9. The Morgan fingerprint density at radius 1 is 1.10 bits per heavy atom. The minimum Gasteiger partial charge on any atom is -0.350 e. The van der Waals surface area contributed by atoms with Crippen LogP contribution >= 0.6 is 0 Å². The van der Waals surface area contributed by atoms with Gasteiger partial charge in [-0.05, 0) is 84.3 Å². The van der Waals surface area contributed by atoms with Crippen molar-refractivity contribution in [2.45, 2.75) is 38.5 Å².